The minimum atomic E-state index is 0. The molecule has 8 heteroatoms. The van der Waals surface area contributed by atoms with E-state index in [-0.39, 0.29) is 30.7 Å². The number of carbonyl (C=O) groups excluding carboxylic acids is 1. The second-order valence-corrected chi connectivity index (χ2v) is 7.33. The summed E-state index contributed by atoms with van der Waals surface area (Å²) in [7, 11) is 1.60. The quantitative estimate of drug-likeness (QED) is 0.613. The molecule has 0 aliphatic carbocycles. The van der Waals surface area contributed by atoms with Crippen LogP contribution in [0, 0.1) is 11.8 Å². The van der Waals surface area contributed by atoms with Gasteiger partial charge in [-0.05, 0) is 56.0 Å². The second-order valence-electron chi connectivity index (χ2n) is 7.33. The average molecular weight is 456 g/mol. The van der Waals surface area contributed by atoms with Crippen molar-refractivity contribution in [2.24, 2.45) is 11.8 Å². The van der Waals surface area contributed by atoms with Crippen LogP contribution < -0.4 is 20.1 Å². The Labute approximate surface area is 191 Å². The first-order valence-corrected chi connectivity index (χ1v) is 9.86. The third-order valence-electron chi connectivity index (χ3n) is 5.26. The number of nitrogens with one attached hydrogen (secondary N) is 2. The Balaban J connectivity index is 0.00000225. The summed E-state index contributed by atoms with van der Waals surface area (Å²) in [4.78, 5) is 16.6. The Morgan fingerprint density at radius 3 is 2.67 bits per heavy atom. The summed E-state index contributed by atoms with van der Waals surface area (Å²) in [6, 6.07) is 9.28. The number of amides is 1. The van der Waals surface area contributed by atoms with Gasteiger partial charge in [-0.25, -0.2) is 0 Å². The van der Waals surface area contributed by atoms with Crippen LogP contribution in [-0.4, -0.2) is 31.1 Å². The zero-order valence-electron chi connectivity index (χ0n) is 17.4. The molecule has 30 heavy (non-hydrogen) atoms. The van der Waals surface area contributed by atoms with Gasteiger partial charge < -0.3 is 20.1 Å². The van der Waals surface area contributed by atoms with Crippen LogP contribution in [0.5, 0.6) is 11.5 Å². The second kappa shape index (κ2) is 13.3. The Kier molecular flexibility index (Phi) is 11.5. The van der Waals surface area contributed by atoms with E-state index >= 15 is 0 Å². The number of ether oxygens (including phenoxy) is 2. The summed E-state index contributed by atoms with van der Waals surface area (Å²) in [6.45, 7) is 4.65. The van der Waals surface area contributed by atoms with Gasteiger partial charge in [0.25, 0.3) is 0 Å². The first-order chi connectivity index (χ1) is 13.7. The van der Waals surface area contributed by atoms with E-state index in [4.69, 9.17) is 9.47 Å². The van der Waals surface area contributed by atoms with Gasteiger partial charge in [-0.3, -0.25) is 9.78 Å². The van der Waals surface area contributed by atoms with Crippen molar-refractivity contribution in [1.29, 1.82) is 0 Å². The van der Waals surface area contributed by atoms with Crippen LogP contribution in [0.25, 0.3) is 0 Å². The molecule has 1 aliphatic rings. The highest BCUT2D eigenvalue weighted by atomic mass is 35.5. The molecule has 2 aromatic rings. The van der Waals surface area contributed by atoms with Crippen LogP contribution in [0.4, 0.5) is 5.69 Å². The van der Waals surface area contributed by atoms with Crippen molar-refractivity contribution in [2.75, 3.05) is 25.5 Å². The molecule has 1 aliphatic heterocycles. The van der Waals surface area contributed by atoms with Gasteiger partial charge in [0.15, 0.2) is 11.5 Å². The summed E-state index contributed by atoms with van der Waals surface area (Å²) in [5, 5.41) is 6.37. The summed E-state index contributed by atoms with van der Waals surface area (Å²) in [6.07, 6.45) is 6.31. The van der Waals surface area contributed by atoms with E-state index in [0.29, 0.717) is 42.0 Å². The Morgan fingerprint density at radius 2 is 2.00 bits per heavy atom. The monoisotopic (exact) mass is 455 g/mol. The summed E-state index contributed by atoms with van der Waals surface area (Å²) in [5.41, 5.74) is 1.68. The number of rotatable bonds is 8. The normalized spacial score (nSPS) is 14.6. The lowest BCUT2D eigenvalue weighted by molar-refractivity contribution is -0.117. The van der Waals surface area contributed by atoms with Gasteiger partial charge >= 0.3 is 0 Å². The fourth-order valence-electron chi connectivity index (χ4n) is 3.60. The molecule has 1 fully saturated rings. The van der Waals surface area contributed by atoms with E-state index in [9.17, 15) is 4.79 Å². The standard InChI is InChI=1S/C22H29N3O3.2ClH/c1-16(18-7-10-23-11-8-18)12-22(26)25-19-5-6-20(27-2)21(13-19)28-15-17-4-3-9-24-14-17;;/h3-6,9,13-14,16,18,23H,7-8,10-12,15H2,1-2H3,(H,25,26);2*1H. The maximum Gasteiger partial charge on any atom is 0.224 e. The number of halogens is 2. The van der Waals surface area contributed by atoms with Gasteiger partial charge in [-0.1, -0.05) is 13.0 Å². The number of carbonyl (C=O) groups is 1. The van der Waals surface area contributed by atoms with E-state index in [1.165, 1.54) is 0 Å². The maximum absolute atomic E-state index is 12.5. The highest BCUT2D eigenvalue weighted by molar-refractivity contribution is 5.91. The van der Waals surface area contributed by atoms with Crippen molar-refractivity contribution in [3.8, 4) is 11.5 Å². The number of aromatic nitrogens is 1. The Bertz CT molecular complexity index is 771. The largest absolute Gasteiger partial charge is 0.493 e. The van der Waals surface area contributed by atoms with Gasteiger partial charge in [-0.15, -0.1) is 24.8 Å². The minimum absolute atomic E-state index is 0. The molecule has 2 heterocycles. The topological polar surface area (TPSA) is 72.5 Å². The molecule has 1 aromatic heterocycles. The predicted molar refractivity (Wildman–Crippen MR) is 124 cm³/mol. The molecule has 3 rings (SSSR count). The number of hydrogen-bond acceptors (Lipinski definition) is 5. The SMILES string of the molecule is COc1ccc(NC(=O)CC(C)C2CCNCC2)cc1OCc1cccnc1.Cl.Cl. The summed E-state index contributed by atoms with van der Waals surface area (Å²) in [5.74, 6) is 2.25. The first kappa shape index (κ1) is 26.0. The lowest BCUT2D eigenvalue weighted by atomic mass is 9.84. The van der Waals surface area contributed by atoms with Gasteiger partial charge in [0.1, 0.15) is 6.61 Å². The van der Waals surface area contributed by atoms with Crippen molar-refractivity contribution in [3.05, 3.63) is 48.3 Å². The average Bonchev–Trinajstić information content (AvgIpc) is 2.73. The number of methoxy groups -OCH3 is 1. The van der Waals surface area contributed by atoms with Crippen LogP contribution in [0.1, 0.15) is 31.7 Å². The van der Waals surface area contributed by atoms with E-state index in [2.05, 4.69) is 22.5 Å². The lowest BCUT2D eigenvalue weighted by Gasteiger charge is -2.27. The van der Waals surface area contributed by atoms with Crippen LogP contribution in [-0.2, 0) is 11.4 Å². The molecule has 1 aromatic carbocycles. The maximum atomic E-state index is 12.5. The third kappa shape index (κ3) is 7.67. The highest BCUT2D eigenvalue weighted by Gasteiger charge is 2.22. The van der Waals surface area contributed by atoms with Crippen molar-refractivity contribution >= 4 is 36.4 Å². The third-order valence-corrected chi connectivity index (χ3v) is 5.26. The molecule has 1 unspecified atom stereocenters. The van der Waals surface area contributed by atoms with Crippen molar-refractivity contribution in [3.63, 3.8) is 0 Å². The van der Waals surface area contributed by atoms with Gasteiger partial charge in [0, 0.05) is 36.1 Å². The Hall–Kier alpha value is -2.02. The van der Waals surface area contributed by atoms with E-state index in [1.54, 1.807) is 19.5 Å². The lowest BCUT2D eigenvalue weighted by Crippen LogP contribution is -2.32. The molecular formula is C22H31Cl2N3O3. The van der Waals surface area contributed by atoms with Crippen LogP contribution >= 0.6 is 24.8 Å². The molecule has 0 bridgehead atoms. The molecule has 1 saturated heterocycles. The number of benzene rings is 1. The summed E-state index contributed by atoms with van der Waals surface area (Å²) < 4.78 is 11.3. The van der Waals surface area contributed by atoms with Gasteiger partial charge in [0.05, 0.1) is 7.11 Å². The van der Waals surface area contributed by atoms with Gasteiger partial charge in [0.2, 0.25) is 5.91 Å². The molecule has 0 saturated carbocycles. The van der Waals surface area contributed by atoms with Gasteiger partial charge in [-0.2, -0.15) is 0 Å². The molecule has 1 atom stereocenters. The first-order valence-electron chi connectivity index (χ1n) is 9.86. The van der Waals surface area contributed by atoms with Crippen LogP contribution in [0.2, 0.25) is 0 Å². The zero-order chi connectivity index (χ0) is 19.8. The minimum Gasteiger partial charge on any atom is -0.493 e. The molecular weight excluding hydrogens is 425 g/mol. The highest BCUT2D eigenvalue weighted by Crippen LogP contribution is 2.31. The molecule has 1 amide bonds. The molecule has 0 spiro atoms. The van der Waals surface area contributed by atoms with Crippen molar-refractivity contribution < 1.29 is 14.3 Å². The smallest absolute Gasteiger partial charge is 0.224 e. The molecule has 6 nitrogen and oxygen atoms in total. The number of nitrogens with zero attached hydrogens (tertiary/aromatic N) is 1. The van der Waals surface area contributed by atoms with E-state index in [1.807, 2.05) is 30.3 Å². The summed E-state index contributed by atoms with van der Waals surface area (Å²) >= 11 is 0. The fourth-order valence-corrected chi connectivity index (χ4v) is 3.60. The zero-order valence-corrected chi connectivity index (χ0v) is 19.1. The molecule has 166 valence electrons. The number of piperidine rings is 1. The molecule has 0 radical (unpaired) electrons. The number of hydrogen-bond donors (Lipinski definition) is 2. The fraction of sp³-hybridized carbons (Fsp3) is 0.455. The predicted octanol–water partition coefficient (Wildman–Crippen LogP) is 4.48. The molecule has 2 N–H and O–H groups in total. The van der Waals surface area contributed by atoms with Crippen molar-refractivity contribution in [2.45, 2.75) is 32.8 Å². The van der Waals surface area contributed by atoms with E-state index in [0.717, 1.165) is 31.5 Å². The van der Waals surface area contributed by atoms with Crippen molar-refractivity contribution in [1.82, 2.24) is 10.3 Å². The number of anilines is 1. The Morgan fingerprint density at radius 1 is 1.23 bits per heavy atom. The van der Waals surface area contributed by atoms with Crippen LogP contribution in [0.3, 0.4) is 0 Å². The van der Waals surface area contributed by atoms with Crippen LogP contribution in [0.15, 0.2) is 42.7 Å². The number of pyridine rings is 1. The van der Waals surface area contributed by atoms with E-state index < -0.39 is 0 Å².